The van der Waals surface area contributed by atoms with Crippen LogP contribution in [0.2, 0.25) is 0 Å². The van der Waals surface area contributed by atoms with Crippen LogP contribution in [0.5, 0.6) is 5.75 Å². The molecule has 0 radical (unpaired) electrons. The normalized spacial score (nSPS) is 12.0. The lowest BCUT2D eigenvalue weighted by Crippen LogP contribution is -2.20. The molecule has 1 aromatic heterocycles. The molecule has 0 saturated heterocycles. The van der Waals surface area contributed by atoms with Gasteiger partial charge in [-0.05, 0) is 60.2 Å². The molecule has 0 aliphatic rings. The number of nitrogens with zero attached hydrogens (tertiary/aromatic N) is 4. The summed E-state index contributed by atoms with van der Waals surface area (Å²) in [4.78, 5) is 11.7. The Bertz CT molecular complexity index is 972. The van der Waals surface area contributed by atoms with Crippen LogP contribution in [0.15, 0.2) is 47.6 Å². The molecular formula is C21H24N4O3S. The molecule has 1 heterocycles. The summed E-state index contributed by atoms with van der Waals surface area (Å²) < 4.78 is 7.30. The number of rotatable bonds is 9. The number of ether oxygens (including phenoxy) is 1. The molecule has 1 N–H and O–H groups in total. The second-order valence-corrected chi connectivity index (χ2v) is 7.73. The van der Waals surface area contributed by atoms with Crippen molar-refractivity contribution in [1.29, 1.82) is 0 Å². The summed E-state index contributed by atoms with van der Waals surface area (Å²) >= 11 is 1.37. The van der Waals surface area contributed by atoms with Crippen LogP contribution in [-0.2, 0) is 0 Å². The molecule has 2 aromatic carbocycles. The SMILES string of the molecule is CCC(=O)c1ccc(OC[C@@H](O)CSc2nnnn2-c2ccc(C)cc2C)cc1. The van der Waals surface area contributed by atoms with Gasteiger partial charge in [0.1, 0.15) is 12.4 Å². The number of carbonyl (C=O) groups is 1. The third-order valence-corrected chi connectivity index (χ3v) is 5.43. The van der Waals surface area contributed by atoms with Crippen molar-refractivity contribution in [1.82, 2.24) is 20.2 Å². The van der Waals surface area contributed by atoms with Crippen LogP contribution >= 0.6 is 11.8 Å². The van der Waals surface area contributed by atoms with E-state index in [0.717, 1.165) is 11.3 Å². The molecule has 0 spiro atoms. The van der Waals surface area contributed by atoms with Crippen molar-refractivity contribution in [3.8, 4) is 11.4 Å². The summed E-state index contributed by atoms with van der Waals surface area (Å²) in [5.74, 6) is 1.09. The lowest BCUT2D eigenvalue weighted by Gasteiger charge is -2.13. The number of benzene rings is 2. The Morgan fingerprint density at radius 3 is 2.66 bits per heavy atom. The number of tetrazole rings is 1. The Morgan fingerprint density at radius 1 is 1.21 bits per heavy atom. The van der Waals surface area contributed by atoms with E-state index in [2.05, 4.69) is 21.6 Å². The van der Waals surface area contributed by atoms with Crippen molar-refractivity contribution >= 4 is 17.5 Å². The van der Waals surface area contributed by atoms with Crippen molar-refractivity contribution in [2.75, 3.05) is 12.4 Å². The molecule has 0 amide bonds. The number of hydrogen-bond acceptors (Lipinski definition) is 7. The van der Waals surface area contributed by atoms with Gasteiger partial charge in [-0.3, -0.25) is 4.79 Å². The second-order valence-electron chi connectivity index (χ2n) is 6.74. The number of carbonyl (C=O) groups excluding carboxylic acids is 1. The van der Waals surface area contributed by atoms with Crippen molar-refractivity contribution in [3.63, 3.8) is 0 Å². The molecule has 3 aromatic rings. The molecule has 7 nitrogen and oxygen atoms in total. The van der Waals surface area contributed by atoms with Crippen molar-refractivity contribution < 1.29 is 14.6 Å². The van der Waals surface area contributed by atoms with Gasteiger partial charge in [0, 0.05) is 17.7 Å². The number of thioether (sulfide) groups is 1. The standard InChI is InChI=1S/C21H24N4O3S/c1-4-20(27)16-6-8-18(9-7-16)28-12-17(26)13-29-21-22-23-24-25(21)19-10-5-14(2)11-15(19)3/h5-11,17,26H,4,12-13H2,1-3H3/t17-/m1/s1. The molecule has 0 saturated carbocycles. The number of ketones is 1. The van der Waals surface area contributed by atoms with E-state index in [1.807, 2.05) is 32.9 Å². The van der Waals surface area contributed by atoms with E-state index in [9.17, 15) is 9.90 Å². The Hall–Kier alpha value is -2.71. The second kappa shape index (κ2) is 9.67. The summed E-state index contributed by atoms with van der Waals surface area (Å²) in [5.41, 5.74) is 3.82. The van der Waals surface area contributed by atoms with E-state index in [1.165, 1.54) is 17.3 Å². The Balaban J connectivity index is 1.54. The average Bonchev–Trinajstić information content (AvgIpc) is 3.18. The van der Waals surface area contributed by atoms with Crippen molar-refractivity contribution in [2.45, 2.75) is 38.5 Å². The minimum atomic E-state index is -0.693. The van der Waals surface area contributed by atoms with Crippen LogP contribution in [0, 0.1) is 13.8 Å². The fourth-order valence-corrected chi connectivity index (χ4v) is 3.60. The first kappa shape index (κ1) is 21.0. The van der Waals surface area contributed by atoms with E-state index < -0.39 is 6.10 Å². The van der Waals surface area contributed by atoms with E-state index >= 15 is 0 Å². The van der Waals surface area contributed by atoms with E-state index in [4.69, 9.17) is 4.74 Å². The largest absolute Gasteiger partial charge is 0.491 e. The first-order valence-corrected chi connectivity index (χ1v) is 10.4. The Morgan fingerprint density at radius 2 is 1.97 bits per heavy atom. The predicted octanol–water partition coefficient (Wildman–Crippen LogP) is 3.40. The Labute approximate surface area is 174 Å². The van der Waals surface area contributed by atoms with Gasteiger partial charge < -0.3 is 9.84 Å². The third-order valence-electron chi connectivity index (χ3n) is 4.37. The monoisotopic (exact) mass is 412 g/mol. The van der Waals surface area contributed by atoms with Gasteiger partial charge in [0.05, 0.1) is 11.8 Å². The van der Waals surface area contributed by atoms with Gasteiger partial charge in [0.2, 0.25) is 5.16 Å². The van der Waals surface area contributed by atoms with Crippen molar-refractivity contribution in [3.05, 3.63) is 59.2 Å². The van der Waals surface area contributed by atoms with E-state index in [0.29, 0.717) is 28.6 Å². The maximum atomic E-state index is 11.7. The zero-order valence-electron chi connectivity index (χ0n) is 16.7. The Kier molecular flexibility index (Phi) is 7.00. The van der Waals surface area contributed by atoms with Crippen LogP contribution in [0.25, 0.3) is 5.69 Å². The third kappa shape index (κ3) is 5.42. The van der Waals surface area contributed by atoms with Gasteiger partial charge in [0.15, 0.2) is 5.78 Å². The number of aliphatic hydroxyl groups is 1. The van der Waals surface area contributed by atoms with Crippen LogP contribution < -0.4 is 4.74 Å². The zero-order valence-corrected chi connectivity index (χ0v) is 17.5. The summed E-state index contributed by atoms with van der Waals surface area (Å²) in [6.45, 7) is 6.02. The minimum absolute atomic E-state index is 0.0921. The summed E-state index contributed by atoms with van der Waals surface area (Å²) in [6, 6.07) is 13.0. The molecule has 29 heavy (non-hydrogen) atoms. The first-order valence-electron chi connectivity index (χ1n) is 9.41. The van der Waals surface area contributed by atoms with Crippen LogP contribution in [0.4, 0.5) is 0 Å². The number of Topliss-reactive ketones (excluding diaryl/α,β-unsaturated/α-hetero) is 1. The minimum Gasteiger partial charge on any atom is -0.491 e. The average molecular weight is 413 g/mol. The molecule has 0 aliphatic heterocycles. The number of aromatic nitrogens is 4. The van der Waals surface area contributed by atoms with Crippen LogP contribution in [0.3, 0.4) is 0 Å². The molecular weight excluding hydrogens is 388 g/mol. The lowest BCUT2D eigenvalue weighted by molar-refractivity contribution is 0.0987. The van der Waals surface area contributed by atoms with Crippen LogP contribution in [-0.4, -0.2) is 49.6 Å². The van der Waals surface area contributed by atoms with Gasteiger partial charge in [-0.2, -0.15) is 4.68 Å². The van der Waals surface area contributed by atoms with Crippen molar-refractivity contribution in [2.24, 2.45) is 0 Å². The lowest BCUT2D eigenvalue weighted by atomic mass is 10.1. The van der Waals surface area contributed by atoms with Gasteiger partial charge in [-0.1, -0.05) is 36.4 Å². The molecule has 152 valence electrons. The number of hydrogen-bond donors (Lipinski definition) is 1. The zero-order chi connectivity index (χ0) is 20.8. The molecule has 0 unspecified atom stereocenters. The van der Waals surface area contributed by atoms with Gasteiger partial charge >= 0.3 is 0 Å². The summed E-state index contributed by atoms with van der Waals surface area (Å²) in [7, 11) is 0. The highest BCUT2D eigenvalue weighted by atomic mass is 32.2. The highest BCUT2D eigenvalue weighted by molar-refractivity contribution is 7.99. The molecule has 0 aliphatic carbocycles. The summed E-state index contributed by atoms with van der Waals surface area (Å²) in [5, 5.41) is 22.8. The van der Waals surface area contributed by atoms with E-state index in [-0.39, 0.29) is 12.4 Å². The fourth-order valence-electron chi connectivity index (χ4n) is 2.82. The van der Waals surface area contributed by atoms with Crippen LogP contribution in [0.1, 0.15) is 34.8 Å². The highest BCUT2D eigenvalue weighted by Gasteiger charge is 2.14. The molecule has 3 rings (SSSR count). The number of aryl methyl sites for hydroxylation is 2. The molecule has 0 fully saturated rings. The number of aliphatic hydroxyl groups excluding tert-OH is 1. The molecule has 8 heteroatoms. The molecule has 0 bridgehead atoms. The van der Waals surface area contributed by atoms with Gasteiger partial charge in [0.25, 0.3) is 0 Å². The maximum Gasteiger partial charge on any atom is 0.214 e. The van der Waals surface area contributed by atoms with Gasteiger partial charge in [-0.15, -0.1) is 5.10 Å². The maximum absolute atomic E-state index is 11.7. The highest BCUT2D eigenvalue weighted by Crippen LogP contribution is 2.22. The summed E-state index contributed by atoms with van der Waals surface area (Å²) in [6.07, 6.45) is -0.223. The van der Waals surface area contributed by atoms with E-state index in [1.54, 1.807) is 28.9 Å². The molecule has 1 atom stereocenters. The van der Waals surface area contributed by atoms with Gasteiger partial charge in [-0.25, -0.2) is 0 Å². The quantitative estimate of drug-likeness (QED) is 0.425. The first-order chi connectivity index (χ1) is 14.0. The topological polar surface area (TPSA) is 90.1 Å². The fraction of sp³-hybridized carbons (Fsp3) is 0.333. The predicted molar refractivity (Wildman–Crippen MR) is 112 cm³/mol. The smallest absolute Gasteiger partial charge is 0.214 e.